The number of nitrogens with one attached hydrogen (secondary N) is 1. The maximum atomic E-state index is 11.7. The van der Waals surface area contributed by atoms with Gasteiger partial charge in [-0.2, -0.15) is 0 Å². The van der Waals surface area contributed by atoms with Crippen LogP contribution in [0, 0.1) is 0 Å². The molecule has 4 heteroatoms. The molecule has 110 valence electrons. The molecule has 2 rings (SSSR count). The van der Waals surface area contributed by atoms with Crippen LogP contribution in [0.5, 0.6) is 5.75 Å². The molecule has 1 atom stereocenters. The smallest absolute Gasteiger partial charge is 0.320 e. The summed E-state index contributed by atoms with van der Waals surface area (Å²) >= 11 is 0. The summed E-state index contributed by atoms with van der Waals surface area (Å²) in [5.41, 5.74) is 1.89. The quantitative estimate of drug-likeness (QED) is 0.834. The molecule has 0 fully saturated rings. The van der Waals surface area contributed by atoms with Gasteiger partial charge in [-0.15, -0.1) is 0 Å². The minimum atomic E-state index is -0.457. The van der Waals surface area contributed by atoms with Crippen molar-refractivity contribution in [1.29, 1.82) is 0 Å². The number of carbonyl (C=O) groups excluding carboxylic acids is 1. The molecular formula is C16H23NO3. The lowest BCUT2D eigenvalue weighted by molar-refractivity contribution is -0.153. The molecule has 1 aromatic carbocycles. The Bertz CT molecular complexity index is 491. The van der Waals surface area contributed by atoms with Gasteiger partial charge in [-0.05, 0) is 63.3 Å². The summed E-state index contributed by atoms with van der Waals surface area (Å²) in [5.74, 6) is 0.0273. The monoisotopic (exact) mass is 277 g/mol. The molecule has 0 saturated heterocycles. The third-order valence-corrected chi connectivity index (χ3v) is 3.36. The van der Waals surface area contributed by atoms with Crippen LogP contribution in [0.2, 0.25) is 0 Å². The number of hydrogen-bond acceptors (Lipinski definition) is 4. The van der Waals surface area contributed by atoms with E-state index in [1.54, 1.807) is 12.1 Å². The van der Waals surface area contributed by atoms with E-state index < -0.39 is 5.60 Å². The van der Waals surface area contributed by atoms with Crippen LogP contribution in [-0.4, -0.2) is 23.2 Å². The van der Waals surface area contributed by atoms with Gasteiger partial charge in [0.25, 0.3) is 0 Å². The first-order valence-corrected chi connectivity index (χ1v) is 7.12. The van der Waals surface area contributed by atoms with E-state index in [1.165, 1.54) is 5.56 Å². The summed E-state index contributed by atoms with van der Waals surface area (Å²) in [6.45, 7) is 5.77. The van der Waals surface area contributed by atoms with Crippen LogP contribution < -0.4 is 5.32 Å². The molecule has 4 nitrogen and oxygen atoms in total. The van der Waals surface area contributed by atoms with Gasteiger partial charge in [0.15, 0.2) is 0 Å². The minimum absolute atomic E-state index is 0.110. The first-order valence-electron chi connectivity index (χ1n) is 7.12. The number of ether oxygens (including phenoxy) is 1. The van der Waals surface area contributed by atoms with Crippen molar-refractivity contribution in [1.82, 2.24) is 5.32 Å². The molecule has 1 aliphatic rings. The maximum absolute atomic E-state index is 11.7. The van der Waals surface area contributed by atoms with E-state index in [1.807, 2.05) is 26.8 Å². The SMILES string of the molecule is CC(C)(C)OC(=O)CNC1CCCc2ccc(O)cc21. The third kappa shape index (κ3) is 3.97. The summed E-state index contributed by atoms with van der Waals surface area (Å²) in [7, 11) is 0. The summed E-state index contributed by atoms with van der Waals surface area (Å²) in [5, 5.41) is 12.9. The summed E-state index contributed by atoms with van der Waals surface area (Å²) in [6.07, 6.45) is 3.09. The topological polar surface area (TPSA) is 58.6 Å². The number of carbonyl (C=O) groups is 1. The van der Waals surface area contributed by atoms with Crippen molar-refractivity contribution in [3.63, 3.8) is 0 Å². The summed E-state index contributed by atoms with van der Waals surface area (Å²) < 4.78 is 5.29. The van der Waals surface area contributed by atoms with E-state index in [0.717, 1.165) is 24.8 Å². The molecule has 20 heavy (non-hydrogen) atoms. The van der Waals surface area contributed by atoms with Gasteiger partial charge in [-0.3, -0.25) is 4.79 Å². The van der Waals surface area contributed by atoms with E-state index in [4.69, 9.17) is 4.74 Å². The Morgan fingerprint density at radius 2 is 2.20 bits per heavy atom. The number of rotatable bonds is 3. The maximum Gasteiger partial charge on any atom is 0.320 e. The lowest BCUT2D eigenvalue weighted by Gasteiger charge is -2.27. The van der Waals surface area contributed by atoms with E-state index in [9.17, 15) is 9.90 Å². The van der Waals surface area contributed by atoms with Crippen LogP contribution in [0.4, 0.5) is 0 Å². The highest BCUT2D eigenvalue weighted by Crippen LogP contribution is 2.31. The van der Waals surface area contributed by atoms with Gasteiger partial charge in [0, 0.05) is 6.04 Å². The number of phenols is 1. The van der Waals surface area contributed by atoms with Gasteiger partial charge in [0.05, 0.1) is 6.54 Å². The van der Waals surface area contributed by atoms with Crippen molar-refractivity contribution in [2.45, 2.75) is 51.7 Å². The molecule has 0 radical (unpaired) electrons. The largest absolute Gasteiger partial charge is 0.508 e. The minimum Gasteiger partial charge on any atom is -0.508 e. The molecule has 0 heterocycles. The average molecular weight is 277 g/mol. The Labute approximate surface area is 120 Å². The molecule has 1 aromatic rings. The van der Waals surface area contributed by atoms with Crippen molar-refractivity contribution >= 4 is 5.97 Å². The molecule has 2 N–H and O–H groups in total. The predicted octanol–water partition coefficient (Wildman–Crippen LogP) is 2.70. The highest BCUT2D eigenvalue weighted by molar-refractivity contribution is 5.72. The number of aryl methyl sites for hydroxylation is 1. The summed E-state index contributed by atoms with van der Waals surface area (Å²) in [4.78, 5) is 11.7. The third-order valence-electron chi connectivity index (χ3n) is 3.36. The zero-order valence-electron chi connectivity index (χ0n) is 12.4. The van der Waals surface area contributed by atoms with Crippen LogP contribution in [0.25, 0.3) is 0 Å². The molecule has 0 aromatic heterocycles. The van der Waals surface area contributed by atoms with E-state index in [2.05, 4.69) is 5.32 Å². The lowest BCUT2D eigenvalue weighted by atomic mass is 9.87. The van der Waals surface area contributed by atoms with Crippen LogP contribution in [-0.2, 0) is 16.0 Å². The second-order valence-corrected chi connectivity index (χ2v) is 6.30. The van der Waals surface area contributed by atoms with Crippen molar-refractivity contribution in [3.8, 4) is 5.75 Å². The number of phenolic OH excluding ortho intramolecular Hbond substituents is 1. The van der Waals surface area contributed by atoms with Gasteiger partial charge in [-0.1, -0.05) is 6.07 Å². The Balaban J connectivity index is 1.98. The van der Waals surface area contributed by atoms with Crippen LogP contribution in [0.15, 0.2) is 18.2 Å². The highest BCUT2D eigenvalue weighted by atomic mass is 16.6. The van der Waals surface area contributed by atoms with Crippen molar-refractivity contribution < 1.29 is 14.6 Å². The van der Waals surface area contributed by atoms with Crippen molar-refractivity contribution in [3.05, 3.63) is 29.3 Å². The number of hydrogen-bond donors (Lipinski definition) is 2. The van der Waals surface area contributed by atoms with Crippen LogP contribution in [0.1, 0.15) is 50.8 Å². The van der Waals surface area contributed by atoms with E-state index in [-0.39, 0.29) is 24.3 Å². The molecule has 1 unspecified atom stereocenters. The normalized spacial score (nSPS) is 18.4. The molecule has 1 aliphatic carbocycles. The van der Waals surface area contributed by atoms with E-state index >= 15 is 0 Å². The highest BCUT2D eigenvalue weighted by Gasteiger charge is 2.22. The first kappa shape index (κ1) is 14.9. The van der Waals surface area contributed by atoms with Crippen LogP contribution in [0.3, 0.4) is 0 Å². The number of aromatic hydroxyl groups is 1. The fourth-order valence-electron chi connectivity index (χ4n) is 2.58. The molecule has 0 saturated carbocycles. The van der Waals surface area contributed by atoms with Gasteiger partial charge in [-0.25, -0.2) is 0 Å². The Morgan fingerprint density at radius 3 is 2.90 bits per heavy atom. The Kier molecular flexibility index (Phi) is 4.33. The van der Waals surface area contributed by atoms with Crippen molar-refractivity contribution in [2.75, 3.05) is 6.54 Å². The first-order chi connectivity index (χ1) is 9.35. The fraction of sp³-hybridized carbons (Fsp3) is 0.562. The molecule has 0 spiro atoms. The van der Waals surface area contributed by atoms with E-state index in [0.29, 0.717) is 0 Å². The second kappa shape index (κ2) is 5.83. The Morgan fingerprint density at radius 1 is 1.45 bits per heavy atom. The zero-order valence-corrected chi connectivity index (χ0v) is 12.4. The molecule has 0 bridgehead atoms. The van der Waals surface area contributed by atoms with Crippen LogP contribution >= 0.6 is 0 Å². The predicted molar refractivity (Wildman–Crippen MR) is 77.6 cm³/mol. The van der Waals surface area contributed by atoms with Crippen molar-refractivity contribution in [2.24, 2.45) is 0 Å². The molecular weight excluding hydrogens is 254 g/mol. The standard InChI is InChI=1S/C16H23NO3/c1-16(2,3)20-15(19)10-17-14-6-4-5-11-7-8-12(18)9-13(11)14/h7-9,14,17-18H,4-6,10H2,1-3H3. The summed E-state index contributed by atoms with van der Waals surface area (Å²) in [6, 6.07) is 5.58. The lowest BCUT2D eigenvalue weighted by Crippen LogP contribution is -2.34. The van der Waals surface area contributed by atoms with Gasteiger partial charge >= 0.3 is 5.97 Å². The van der Waals surface area contributed by atoms with Gasteiger partial charge < -0.3 is 15.2 Å². The number of esters is 1. The molecule has 0 amide bonds. The number of benzene rings is 1. The Hall–Kier alpha value is -1.55. The van der Waals surface area contributed by atoms with Gasteiger partial charge in [0.1, 0.15) is 11.4 Å². The van der Waals surface area contributed by atoms with Gasteiger partial charge in [0.2, 0.25) is 0 Å². The fourth-order valence-corrected chi connectivity index (χ4v) is 2.58. The molecule has 0 aliphatic heterocycles. The second-order valence-electron chi connectivity index (χ2n) is 6.30. The zero-order chi connectivity index (χ0) is 14.8. The number of fused-ring (bicyclic) bond motifs is 1. The average Bonchev–Trinajstić information content (AvgIpc) is 2.34.